The minimum absolute atomic E-state index is 0.0597. The number of carboxylic acids is 1. The molecule has 0 aliphatic carbocycles. The molecule has 0 bridgehead atoms. The van der Waals surface area contributed by atoms with Gasteiger partial charge in [-0.15, -0.1) is 0 Å². The third-order valence-electron chi connectivity index (χ3n) is 2.39. The molecule has 0 saturated carbocycles. The van der Waals surface area contributed by atoms with E-state index in [2.05, 4.69) is 10.6 Å². The zero-order valence-corrected chi connectivity index (χ0v) is 11.3. The average Bonchev–Trinajstić information content (AvgIpc) is 2.40. The van der Waals surface area contributed by atoms with E-state index in [4.69, 9.17) is 21.8 Å². The molecular weight excluding hydrogens is 306 g/mol. The second-order valence-electron chi connectivity index (χ2n) is 3.95. The number of hydrogen-bond donors (Lipinski definition) is 4. The number of carbonyl (C=O) groups excluding carboxylic acids is 1. The topological polar surface area (TPSA) is 142 Å². The maximum atomic E-state index is 11.5. The predicted octanol–water partition coefficient (Wildman–Crippen LogP) is 1.21. The molecule has 1 aromatic rings. The van der Waals surface area contributed by atoms with Gasteiger partial charge >= 0.3 is 12.0 Å². The zero-order valence-electron chi connectivity index (χ0n) is 10.6. The van der Waals surface area contributed by atoms with Crippen molar-refractivity contribution >= 4 is 35.0 Å². The molecule has 1 unspecified atom stereocenters. The van der Waals surface area contributed by atoms with Crippen molar-refractivity contribution < 1.29 is 24.7 Å². The predicted molar refractivity (Wildman–Crippen MR) is 73.4 cm³/mol. The van der Waals surface area contributed by atoms with Crippen LogP contribution in [0.5, 0.6) is 0 Å². The minimum Gasteiger partial charge on any atom is -0.479 e. The molecule has 10 heteroatoms. The van der Waals surface area contributed by atoms with Gasteiger partial charge in [0.2, 0.25) is 0 Å². The first-order valence-corrected chi connectivity index (χ1v) is 6.08. The Balaban J connectivity index is 2.54. The maximum Gasteiger partial charge on any atom is 0.332 e. The van der Waals surface area contributed by atoms with Crippen molar-refractivity contribution in [3.63, 3.8) is 0 Å². The lowest BCUT2D eigenvalue weighted by Gasteiger charge is -2.09. The first-order chi connectivity index (χ1) is 9.81. The third kappa shape index (κ3) is 5.24. The summed E-state index contributed by atoms with van der Waals surface area (Å²) in [5.41, 5.74) is -0.196. The molecule has 21 heavy (non-hydrogen) atoms. The summed E-state index contributed by atoms with van der Waals surface area (Å²) in [6.45, 7) is -0.0744. The lowest BCUT2D eigenvalue weighted by Crippen LogP contribution is -2.33. The van der Waals surface area contributed by atoms with Gasteiger partial charge in [-0.1, -0.05) is 11.6 Å². The van der Waals surface area contributed by atoms with E-state index in [0.717, 1.165) is 6.07 Å². The Morgan fingerprint density at radius 3 is 2.67 bits per heavy atom. The normalized spacial score (nSPS) is 11.5. The van der Waals surface area contributed by atoms with E-state index in [9.17, 15) is 19.7 Å². The van der Waals surface area contributed by atoms with Gasteiger partial charge in [-0.3, -0.25) is 10.1 Å². The molecule has 0 radical (unpaired) electrons. The van der Waals surface area contributed by atoms with Gasteiger partial charge in [0.1, 0.15) is 5.02 Å². The van der Waals surface area contributed by atoms with Crippen molar-refractivity contribution in [2.75, 3.05) is 11.9 Å². The third-order valence-corrected chi connectivity index (χ3v) is 2.71. The summed E-state index contributed by atoms with van der Waals surface area (Å²) in [4.78, 5) is 31.8. The van der Waals surface area contributed by atoms with Crippen LogP contribution in [0.25, 0.3) is 0 Å². The number of nitrogens with one attached hydrogen (secondary N) is 2. The highest BCUT2D eigenvalue weighted by molar-refractivity contribution is 6.32. The van der Waals surface area contributed by atoms with E-state index in [1.165, 1.54) is 12.1 Å². The maximum absolute atomic E-state index is 11.5. The Kier molecular flexibility index (Phi) is 5.88. The number of benzene rings is 1. The number of nitrogens with zero attached hydrogens (tertiary/aromatic N) is 1. The van der Waals surface area contributed by atoms with Crippen LogP contribution in [-0.2, 0) is 4.79 Å². The molecule has 1 aromatic carbocycles. The van der Waals surface area contributed by atoms with Crippen LogP contribution in [0.1, 0.15) is 6.42 Å². The molecule has 1 atom stereocenters. The van der Waals surface area contributed by atoms with Crippen molar-refractivity contribution in [1.29, 1.82) is 0 Å². The van der Waals surface area contributed by atoms with E-state index < -0.39 is 23.0 Å². The summed E-state index contributed by atoms with van der Waals surface area (Å²) in [5, 5.41) is 32.7. The molecule has 0 spiro atoms. The number of nitro benzene ring substituents is 1. The summed E-state index contributed by atoms with van der Waals surface area (Å²) in [6, 6.07) is 3.04. The lowest BCUT2D eigenvalue weighted by atomic mass is 10.2. The van der Waals surface area contributed by atoms with E-state index in [-0.39, 0.29) is 29.4 Å². The number of carboxylic acid groups (broad SMARTS) is 1. The molecule has 0 aliphatic rings. The van der Waals surface area contributed by atoms with Crippen LogP contribution in [0.4, 0.5) is 16.2 Å². The monoisotopic (exact) mass is 317 g/mol. The molecule has 0 fully saturated rings. The fourth-order valence-corrected chi connectivity index (χ4v) is 1.54. The van der Waals surface area contributed by atoms with E-state index >= 15 is 0 Å². The molecule has 114 valence electrons. The van der Waals surface area contributed by atoms with Crippen LogP contribution in [0.2, 0.25) is 5.02 Å². The number of carbonyl (C=O) groups is 2. The van der Waals surface area contributed by atoms with Crippen molar-refractivity contribution in [3.05, 3.63) is 33.3 Å². The van der Waals surface area contributed by atoms with Crippen LogP contribution in [-0.4, -0.2) is 39.8 Å². The fraction of sp³-hybridized carbons (Fsp3) is 0.273. The quantitative estimate of drug-likeness (QED) is 0.459. The van der Waals surface area contributed by atoms with Gasteiger partial charge in [-0.05, 0) is 12.1 Å². The molecule has 9 nitrogen and oxygen atoms in total. The Hall–Kier alpha value is -2.39. The Morgan fingerprint density at radius 2 is 2.10 bits per heavy atom. The summed E-state index contributed by atoms with van der Waals surface area (Å²) >= 11 is 5.62. The van der Waals surface area contributed by atoms with Crippen LogP contribution in [0.3, 0.4) is 0 Å². The van der Waals surface area contributed by atoms with Gasteiger partial charge in [-0.25, -0.2) is 9.59 Å². The van der Waals surface area contributed by atoms with E-state index in [1.807, 2.05) is 0 Å². The summed E-state index contributed by atoms with van der Waals surface area (Å²) < 4.78 is 0. The number of halogens is 1. The minimum atomic E-state index is -1.57. The van der Waals surface area contributed by atoms with Crippen molar-refractivity contribution in [1.82, 2.24) is 5.32 Å². The van der Waals surface area contributed by atoms with Crippen molar-refractivity contribution in [2.45, 2.75) is 12.5 Å². The molecule has 0 aromatic heterocycles. The highest BCUT2D eigenvalue weighted by atomic mass is 35.5. The number of nitro groups is 1. The number of amides is 2. The fourth-order valence-electron chi connectivity index (χ4n) is 1.35. The van der Waals surface area contributed by atoms with Crippen molar-refractivity contribution in [2.24, 2.45) is 0 Å². The summed E-state index contributed by atoms with van der Waals surface area (Å²) in [6.07, 6.45) is -1.73. The first kappa shape index (κ1) is 16.7. The number of hydrogen-bond acceptors (Lipinski definition) is 5. The summed E-state index contributed by atoms with van der Waals surface area (Å²) in [7, 11) is 0. The molecule has 1 rings (SSSR count). The molecule has 2 amide bonds. The number of aliphatic hydroxyl groups is 1. The first-order valence-electron chi connectivity index (χ1n) is 5.71. The molecule has 4 N–H and O–H groups in total. The van der Waals surface area contributed by atoms with Gasteiger partial charge in [-0.2, -0.15) is 0 Å². The number of aliphatic hydroxyl groups excluding tert-OH is 1. The van der Waals surface area contributed by atoms with Gasteiger partial charge in [0, 0.05) is 24.7 Å². The van der Waals surface area contributed by atoms with Gasteiger partial charge in [0.05, 0.1) is 4.92 Å². The van der Waals surface area contributed by atoms with Crippen LogP contribution >= 0.6 is 11.6 Å². The lowest BCUT2D eigenvalue weighted by molar-refractivity contribution is -0.384. The highest BCUT2D eigenvalue weighted by Gasteiger charge is 2.15. The number of rotatable bonds is 6. The van der Waals surface area contributed by atoms with Crippen molar-refractivity contribution in [3.8, 4) is 0 Å². The van der Waals surface area contributed by atoms with Crippen LogP contribution in [0.15, 0.2) is 18.2 Å². The SMILES string of the molecule is O=C(NCCC(O)C(=O)O)Nc1ccc(Cl)c([N+](=O)[O-])c1. The second kappa shape index (κ2) is 7.41. The van der Waals surface area contributed by atoms with Gasteiger partial charge in [0.15, 0.2) is 6.10 Å². The summed E-state index contributed by atoms with van der Waals surface area (Å²) in [5.74, 6) is -1.38. The van der Waals surface area contributed by atoms with E-state index in [1.54, 1.807) is 0 Å². The highest BCUT2D eigenvalue weighted by Crippen LogP contribution is 2.27. The van der Waals surface area contributed by atoms with E-state index in [0.29, 0.717) is 0 Å². The number of urea groups is 1. The number of anilines is 1. The molecule has 0 heterocycles. The molecule has 0 saturated heterocycles. The zero-order chi connectivity index (χ0) is 16.0. The average molecular weight is 318 g/mol. The smallest absolute Gasteiger partial charge is 0.332 e. The number of aliphatic carboxylic acids is 1. The molecule has 0 aliphatic heterocycles. The Morgan fingerprint density at radius 1 is 1.43 bits per heavy atom. The van der Waals surface area contributed by atoms with Crippen LogP contribution < -0.4 is 10.6 Å². The van der Waals surface area contributed by atoms with Crippen LogP contribution in [0, 0.1) is 10.1 Å². The standard InChI is InChI=1S/C11H12ClN3O6/c12-7-2-1-6(5-8(7)15(20)21)14-11(19)13-4-3-9(16)10(17)18/h1-2,5,9,16H,3-4H2,(H,17,18)(H2,13,14,19). The van der Waals surface area contributed by atoms with Gasteiger partial charge in [0.25, 0.3) is 5.69 Å². The largest absolute Gasteiger partial charge is 0.479 e. The Labute approximate surface area is 123 Å². The van der Waals surface area contributed by atoms with Gasteiger partial charge < -0.3 is 20.8 Å². The Bertz CT molecular complexity index is 565. The molecular formula is C11H12ClN3O6. The second-order valence-corrected chi connectivity index (χ2v) is 4.35.